The van der Waals surface area contributed by atoms with Crippen molar-refractivity contribution in [2.24, 2.45) is 5.92 Å². The van der Waals surface area contributed by atoms with Gasteiger partial charge in [0.1, 0.15) is 11.6 Å². The minimum absolute atomic E-state index is 0.117. The first kappa shape index (κ1) is 18.9. The van der Waals surface area contributed by atoms with Gasteiger partial charge < -0.3 is 15.0 Å². The van der Waals surface area contributed by atoms with Crippen molar-refractivity contribution in [1.82, 2.24) is 10.2 Å². The molecule has 0 aromatic heterocycles. The molecule has 27 heavy (non-hydrogen) atoms. The highest BCUT2D eigenvalue weighted by Gasteiger charge is 2.34. The fraction of sp³-hybridized carbons (Fsp3) is 0.333. The minimum Gasteiger partial charge on any atom is -0.497 e. The van der Waals surface area contributed by atoms with E-state index in [0.717, 1.165) is 11.3 Å². The zero-order chi connectivity index (χ0) is 19.2. The molecule has 1 unspecified atom stereocenters. The number of rotatable bonds is 7. The number of likely N-dealkylation sites (tertiary alicyclic amines) is 1. The monoisotopic (exact) mass is 370 g/mol. The summed E-state index contributed by atoms with van der Waals surface area (Å²) in [5.41, 5.74) is 1.56. The molecule has 2 amide bonds. The molecule has 2 aromatic carbocycles. The maximum absolute atomic E-state index is 13.8. The van der Waals surface area contributed by atoms with E-state index in [4.69, 9.17) is 4.74 Å². The van der Waals surface area contributed by atoms with Gasteiger partial charge in [0.25, 0.3) is 0 Å². The van der Waals surface area contributed by atoms with Gasteiger partial charge in [-0.25, -0.2) is 4.39 Å². The number of nitrogens with one attached hydrogen (secondary N) is 1. The van der Waals surface area contributed by atoms with E-state index in [-0.39, 0.29) is 36.5 Å². The van der Waals surface area contributed by atoms with Crippen LogP contribution in [0.4, 0.5) is 4.39 Å². The van der Waals surface area contributed by atoms with Crippen molar-refractivity contribution >= 4 is 11.8 Å². The number of halogens is 1. The highest BCUT2D eigenvalue weighted by atomic mass is 19.1. The zero-order valence-electron chi connectivity index (χ0n) is 15.3. The molecule has 1 N–H and O–H groups in total. The normalized spacial score (nSPS) is 16.4. The van der Waals surface area contributed by atoms with Crippen molar-refractivity contribution in [2.75, 3.05) is 20.2 Å². The molecule has 0 spiro atoms. The van der Waals surface area contributed by atoms with Crippen LogP contribution in [-0.2, 0) is 22.6 Å². The molecule has 2 aromatic rings. The molecule has 0 aliphatic carbocycles. The van der Waals surface area contributed by atoms with Crippen LogP contribution < -0.4 is 10.1 Å². The van der Waals surface area contributed by atoms with Crippen molar-refractivity contribution < 1.29 is 18.7 Å². The summed E-state index contributed by atoms with van der Waals surface area (Å²) in [4.78, 5) is 26.1. The second-order valence-corrected chi connectivity index (χ2v) is 6.66. The predicted molar refractivity (Wildman–Crippen MR) is 99.6 cm³/mol. The van der Waals surface area contributed by atoms with Crippen LogP contribution in [0.15, 0.2) is 48.5 Å². The van der Waals surface area contributed by atoms with Crippen LogP contribution in [-0.4, -0.2) is 36.9 Å². The van der Waals surface area contributed by atoms with E-state index in [1.54, 1.807) is 30.2 Å². The summed E-state index contributed by atoms with van der Waals surface area (Å²) in [6.07, 6.45) is 0.873. The standard InChI is InChI=1S/C21H23FN2O3/c1-27-18-8-6-15(7-9-18)10-11-23-21(26)17-12-20(25)24(14-17)13-16-4-2-3-5-19(16)22/h2-9,17H,10-14H2,1H3,(H,23,26). The van der Waals surface area contributed by atoms with Crippen molar-refractivity contribution in [2.45, 2.75) is 19.4 Å². The third-order valence-electron chi connectivity index (χ3n) is 4.78. The molecule has 1 saturated heterocycles. The number of ether oxygens (including phenoxy) is 1. The van der Waals surface area contributed by atoms with Crippen LogP contribution in [0, 0.1) is 11.7 Å². The van der Waals surface area contributed by atoms with Gasteiger partial charge in [-0.2, -0.15) is 0 Å². The van der Waals surface area contributed by atoms with E-state index in [2.05, 4.69) is 5.32 Å². The van der Waals surface area contributed by atoms with Crippen LogP contribution in [0.3, 0.4) is 0 Å². The summed E-state index contributed by atoms with van der Waals surface area (Å²) in [5, 5.41) is 2.89. The Kier molecular flexibility index (Phi) is 6.06. The first-order valence-corrected chi connectivity index (χ1v) is 8.98. The molecule has 5 nitrogen and oxygen atoms in total. The molecule has 1 atom stereocenters. The Balaban J connectivity index is 1.47. The molecule has 1 fully saturated rings. The van der Waals surface area contributed by atoms with Gasteiger partial charge in [0.05, 0.1) is 13.0 Å². The Hall–Kier alpha value is -2.89. The number of hydrogen-bond donors (Lipinski definition) is 1. The van der Waals surface area contributed by atoms with E-state index in [0.29, 0.717) is 25.1 Å². The second-order valence-electron chi connectivity index (χ2n) is 6.66. The summed E-state index contributed by atoms with van der Waals surface area (Å²) < 4.78 is 18.9. The zero-order valence-corrected chi connectivity index (χ0v) is 15.3. The van der Waals surface area contributed by atoms with Crippen molar-refractivity contribution in [3.8, 4) is 5.75 Å². The molecule has 1 heterocycles. The lowest BCUT2D eigenvalue weighted by atomic mass is 10.1. The van der Waals surface area contributed by atoms with Gasteiger partial charge in [0.2, 0.25) is 11.8 Å². The number of amides is 2. The van der Waals surface area contributed by atoms with Crippen LogP contribution in [0.5, 0.6) is 5.75 Å². The van der Waals surface area contributed by atoms with E-state index < -0.39 is 0 Å². The Morgan fingerprint density at radius 2 is 1.96 bits per heavy atom. The first-order valence-electron chi connectivity index (χ1n) is 8.98. The lowest BCUT2D eigenvalue weighted by Gasteiger charge is -2.17. The van der Waals surface area contributed by atoms with Gasteiger partial charge in [0.15, 0.2) is 0 Å². The molecule has 1 aliphatic heterocycles. The van der Waals surface area contributed by atoms with Gasteiger partial charge in [-0.15, -0.1) is 0 Å². The molecule has 0 radical (unpaired) electrons. The molecule has 3 rings (SSSR count). The highest BCUT2D eigenvalue weighted by Crippen LogP contribution is 2.21. The van der Waals surface area contributed by atoms with E-state index >= 15 is 0 Å². The van der Waals surface area contributed by atoms with E-state index in [1.165, 1.54) is 6.07 Å². The molecule has 0 bridgehead atoms. The Morgan fingerprint density at radius 1 is 1.22 bits per heavy atom. The molecule has 1 aliphatic rings. The molecule has 6 heteroatoms. The first-order chi connectivity index (χ1) is 13.1. The lowest BCUT2D eigenvalue weighted by molar-refractivity contribution is -0.129. The molecular formula is C21H23FN2O3. The van der Waals surface area contributed by atoms with Crippen molar-refractivity contribution in [3.63, 3.8) is 0 Å². The maximum atomic E-state index is 13.8. The van der Waals surface area contributed by atoms with E-state index in [1.807, 2.05) is 24.3 Å². The third-order valence-corrected chi connectivity index (χ3v) is 4.78. The van der Waals surface area contributed by atoms with Crippen LogP contribution in [0.1, 0.15) is 17.5 Å². The number of hydrogen-bond acceptors (Lipinski definition) is 3. The number of benzene rings is 2. The largest absolute Gasteiger partial charge is 0.497 e. The van der Waals surface area contributed by atoms with Crippen molar-refractivity contribution in [1.29, 1.82) is 0 Å². The smallest absolute Gasteiger partial charge is 0.225 e. The second kappa shape index (κ2) is 8.66. The third kappa shape index (κ3) is 4.84. The number of carbonyl (C=O) groups is 2. The summed E-state index contributed by atoms with van der Waals surface area (Å²) in [5.74, 6) is -0.179. The number of methoxy groups -OCH3 is 1. The SMILES string of the molecule is COc1ccc(CCNC(=O)C2CC(=O)N(Cc3ccccc3F)C2)cc1. The average molecular weight is 370 g/mol. The topological polar surface area (TPSA) is 58.6 Å². The molecular weight excluding hydrogens is 347 g/mol. The highest BCUT2D eigenvalue weighted by molar-refractivity contribution is 5.89. The minimum atomic E-state index is -0.389. The van der Waals surface area contributed by atoms with Crippen LogP contribution in [0.2, 0.25) is 0 Å². The number of carbonyl (C=O) groups excluding carboxylic acids is 2. The lowest BCUT2D eigenvalue weighted by Crippen LogP contribution is -2.34. The molecule has 0 saturated carbocycles. The van der Waals surface area contributed by atoms with Gasteiger partial charge in [-0.1, -0.05) is 30.3 Å². The maximum Gasteiger partial charge on any atom is 0.225 e. The summed E-state index contributed by atoms with van der Waals surface area (Å²) in [7, 11) is 1.62. The molecule has 142 valence electrons. The average Bonchev–Trinajstić information content (AvgIpc) is 3.05. The Morgan fingerprint density at radius 3 is 2.67 bits per heavy atom. The summed E-state index contributed by atoms with van der Waals surface area (Å²) in [6.45, 7) is 1.02. The van der Waals surface area contributed by atoms with Gasteiger partial charge in [-0.05, 0) is 30.2 Å². The Bertz CT molecular complexity index is 807. The quantitative estimate of drug-likeness (QED) is 0.815. The van der Waals surface area contributed by atoms with Crippen LogP contribution >= 0.6 is 0 Å². The summed E-state index contributed by atoms with van der Waals surface area (Å²) >= 11 is 0. The van der Waals surface area contributed by atoms with Crippen LogP contribution in [0.25, 0.3) is 0 Å². The Labute approximate surface area is 158 Å². The van der Waals surface area contributed by atoms with Gasteiger partial charge in [-0.3, -0.25) is 9.59 Å². The fourth-order valence-corrected chi connectivity index (χ4v) is 3.20. The fourth-order valence-electron chi connectivity index (χ4n) is 3.20. The van der Waals surface area contributed by atoms with Gasteiger partial charge in [0, 0.05) is 31.6 Å². The van der Waals surface area contributed by atoms with E-state index in [9.17, 15) is 14.0 Å². The number of nitrogens with zero attached hydrogens (tertiary/aromatic N) is 1. The summed E-state index contributed by atoms with van der Waals surface area (Å²) in [6, 6.07) is 14.1. The van der Waals surface area contributed by atoms with Gasteiger partial charge >= 0.3 is 0 Å². The predicted octanol–water partition coefficient (Wildman–Crippen LogP) is 2.54. The van der Waals surface area contributed by atoms with Crippen molar-refractivity contribution in [3.05, 3.63) is 65.5 Å².